The van der Waals surface area contributed by atoms with E-state index in [-0.39, 0.29) is 12.1 Å². The second-order valence-electron chi connectivity index (χ2n) is 4.95. The first-order chi connectivity index (χ1) is 8.68. The Hall–Kier alpha value is -1.45. The summed E-state index contributed by atoms with van der Waals surface area (Å²) in [5.74, 6) is 0. The molecule has 0 radical (unpaired) electrons. The van der Waals surface area contributed by atoms with Gasteiger partial charge in [-0.1, -0.05) is 31.2 Å². The zero-order valence-electron chi connectivity index (χ0n) is 11.0. The van der Waals surface area contributed by atoms with Crippen LogP contribution in [0.4, 0.5) is 0 Å². The lowest BCUT2D eigenvalue weighted by molar-refractivity contribution is 0.169. The van der Waals surface area contributed by atoms with E-state index in [0.717, 1.165) is 18.4 Å². The first-order valence-electron chi connectivity index (χ1n) is 6.36. The Bertz CT molecular complexity index is 515. The molecule has 0 amide bonds. The lowest BCUT2D eigenvalue weighted by Crippen LogP contribution is -2.44. The summed E-state index contributed by atoms with van der Waals surface area (Å²) >= 11 is 0. The molecule has 2 aromatic rings. The first-order valence-corrected chi connectivity index (χ1v) is 6.36. The van der Waals surface area contributed by atoms with Gasteiger partial charge in [-0.25, -0.2) is 0 Å². The van der Waals surface area contributed by atoms with Crippen molar-refractivity contribution in [1.82, 2.24) is 10.3 Å². The van der Waals surface area contributed by atoms with E-state index in [1.165, 1.54) is 10.9 Å². The summed E-state index contributed by atoms with van der Waals surface area (Å²) in [5.41, 5.74) is 0.943. The van der Waals surface area contributed by atoms with Gasteiger partial charge in [0.05, 0.1) is 6.61 Å². The fourth-order valence-corrected chi connectivity index (χ4v) is 1.92. The van der Waals surface area contributed by atoms with Crippen molar-refractivity contribution in [2.75, 3.05) is 6.61 Å². The zero-order valence-corrected chi connectivity index (χ0v) is 11.0. The molecule has 2 N–H and O–H groups in total. The van der Waals surface area contributed by atoms with Crippen LogP contribution in [0.1, 0.15) is 25.8 Å². The highest BCUT2D eigenvalue weighted by molar-refractivity contribution is 5.84. The van der Waals surface area contributed by atoms with Crippen molar-refractivity contribution in [1.29, 1.82) is 0 Å². The molecule has 1 aromatic heterocycles. The van der Waals surface area contributed by atoms with Crippen molar-refractivity contribution in [3.63, 3.8) is 0 Å². The SMILES string of the molecule is CCC(C)(CO)NCc1cncc2ccccc12. The monoisotopic (exact) mass is 244 g/mol. The number of aliphatic hydroxyl groups excluding tert-OH is 1. The quantitative estimate of drug-likeness (QED) is 0.849. The van der Waals surface area contributed by atoms with Crippen LogP contribution in [0.15, 0.2) is 36.7 Å². The van der Waals surface area contributed by atoms with E-state index < -0.39 is 0 Å². The van der Waals surface area contributed by atoms with Gasteiger partial charge in [0, 0.05) is 29.9 Å². The predicted molar refractivity (Wildman–Crippen MR) is 74.4 cm³/mol. The van der Waals surface area contributed by atoms with Crippen molar-refractivity contribution in [2.45, 2.75) is 32.4 Å². The topological polar surface area (TPSA) is 45.1 Å². The van der Waals surface area contributed by atoms with E-state index in [1.54, 1.807) is 0 Å². The number of pyridine rings is 1. The Morgan fingerprint density at radius 1 is 1.28 bits per heavy atom. The lowest BCUT2D eigenvalue weighted by Gasteiger charge is -2.27. The molecule has 0 aliphatic carbocycles. The number of aliphatic hydroxyl groups is 1. The second-order valence-corrected chi connectivity index (χ2v) is 4.95. The fourth-order valence-electron chi connectivity index (χ4n) is 1.92. The summed E-state index contributed by atoms with van der Waals surface area (Å²) in [4.78, 5) is 4.26. The summed E-state index contributed by atoms with van der Waals surface area (Å²) < 4.78 is 0. The third kappa shape index (κ3) is 2.68. The van der Waals surface area contributed by atoms with Gasteiger partial charge in [0.1, 0.15) is 0 Å². The molecule has 0 saturated carbocycles. The number of hydrogen-bond acceptors (Lipinski definition) is 3. The third-order valence-electron chi connectivity index (χ3n) is 3.59. The normalized spacial score (nSPS) is 14.6. The van der Waals surface area contributed by atoms with Crippen molar-refractivity contribution < 1.29 is 5.11 Å². The number of nitrogens with one attached hydrogen (secondary N) is 1. The van der Waals surface area contributed by atoms with Crippen molar-refractivity contribution in [3.8, 4) is 0 Å². The standard InChI is InChI=1S/C15H20N2O/c1-3-15(2,11-18)17-10-13-9-16-8-12-6-4-5-7-14(12)13/h4-9,17-18H,3,10-11H2,1-2H3. The molecule has 1 atom stereocenters. The van der Waals surface area contributed by atoms with Crippen LogP contribution in [-0.4, -0.2) is 22.2 Å². The van der Waals surface area contributed by atoms with Crippen molar-refractivity contribution in [2.24, 2.45) is 0 Å². The Kier molecular flexibility index (Phi) is 3.94. The minimum atomic E-state index is -0.225. The van der Waals surface area contributed by atoms with Crippen LogP contribution in [0, 0.1) is 0 Å². The number of rotatable bonds is 5. The van der Waals surface area contributed by atoms with Crippen LogP contribution >= 0.6 is 0 Å². The van der Waals surface area contributed by atoms with Gasteiger partial charge in [-0.2, -0.15) is 0 Å². The molecule has 0 aliphatic rings. The van der Waals surface area contributed by atoms with Crippen LogP contribution < -0.4 is 5.32 Å². The van der Waals surface area contributed by atoms with Gasteiger partial charge < -0.3 is 10.4 Å². The van der Waals surface area contributed by atoms with Crippen molar-refractivity contribution >= 4 is 10.8 Å². The molecule has 0 spiro atoms. The highest BCUT2D eigenvalue weighted by atomic mass is 16.3. The molecule has 1 unspecified atom stereocenters. The molecule has 0 bridgehead atoms. The van der Waals surface area contributed by atoms with Gasteiger partial charge in [0.2, 0.25) is 0 Å². The largest absolute Gasteiger partial charge is 0.394 e. The van der Waals surface area contributed by atoms with E-state index >= 15 is 0 Å². The maximum atomic E-state index is 9.40. The number of hydrogen-bond donors (Lipinski definition) is 2. The minimum absolute atomic E-state index is 0.141. The maximum absolute atomic E-state index is 9.40. The summed E-state index contributed by atoms with van der Waals surface area (Å²) in [6.45, 7) is 4.97. The predicted octanol–water partition coefficient (Wildman–Crippen LogP) is 2.49. The minimum Gasteiger partial charge on any atom is -0.394 e. The van der Waals surface area contributed by atoms with E-state index in [1.807, 2.05) is 31.5 Å². The summed E-state index contributed by atoms with van der Waals surface area (Å²) in [7, 11) is 0. The molecule has 96 valence electrons. The zero-order chi connectivity index (χ0) is 13.0. The second kappa shape index (κ2) is 5.46. The average Bonchev–Trinajstić information content (AvgIpc) is 2.44. The molecule has 0 saturated heterocycles. The van der Waals surface area contributed by atoms with E-state index in [9.17, 15) is 5.11 Å². The molecule has 3 heteroatoms. The number of fused-ring (bicyclic) bond motifs is 1. The highest BCUT2D eigenvalue weighted by Crippen LogP contribution is 2.18. The van der Waals surface area contributed by atoms with Gasteiger partial charge in [-0.05, 0) is 24.3 Å². The molecule has 0 fully saturated rings. The Morgan fingerprint density at radius 2 is 2.06 bits per heavy atom. The van der Waals surface area contributed by atoms with Gasteiger partial charge in [-0.3, -0.25) is 4.98 Å². The molecular weight excluding hydrogens is 224 g/mol. The molecular formula is C15H20N2O. The van der Waals surface area contributed by atoms with Crippen molar-refractivity contribution in [3.05, 3.63) is 42.2 Å². The average molecular weight is 244 g/mol. The summed E-state index contributed by atoms with van der Waals surface area (Å²) in [5, 5.41) is 15.2. The van der Waals surface area contributed by atoms with E-state index in [2.05, 4.69) is 29.4 Å². The van der Waals surface area contributed by atoms with E-state index in [0.29, 0.717) is 0 Å². The highest BCUT2D eigenvalue weighted by Gasteiger charge is 2.19. The first kappa shape index (κ1) is 13.0. The van der Waals surface area contributed by atoms with Gasteiger partial charge >= 0.3 is 0 Å². The Morgan fingerprint density at radius 3 is 2.78 bits per heavy atom. The van der Waals surface area contributed by atoms with Crippen LogP contribution in [0.5, 0.6) is 0 Å². The molecule has 18 heavy (non-hydrogen) atoms. The lowest BCUT2D eigenvalue weighted by atomic mass is 9.99. The molecule has 1 heterocycles. The van der Waals surface area contributed by atoms with Crippen LogP contribution in [0.25, 0.3) is 10.8 Å². The van der Waals surface area contributed by atoms with Crippen LogP contribution in [0.3, 0.4) is 0 Å². The van der Waals surface area contributed by atoms with Gasteiger partial charge in [-0.15, -0.1) is 0 Å². The Labute approximate surface area is 108 Å². The summed E-state index contributed by atoms with van der Waals surface area (Å²) in [6.07, 6.45) is 4.66. The fraction of sp³-hybridized carbons (Fsp3) is 0.400. The van der Waals surface area contributed by atoms with Crippen LogP contribution in [-0.2, 0) is 6.54 Å². The molecule has 1 aromatic carbocycles. The molecule has 0 aliphatic heterocycles. The van der Waals surface area contributed by atoms with E-state index in [4.69, 9.17) is 0 Å². The van der Waals surface area contributed by atoms with Gasteiger partial charge in [0.25, 0.3) is 0 Å². The molecule has 2 rings (SSSR count). The number of benzene rings is 1. The third-order valence-corrected chi connectivity index (χ3v) is 3.59. The maximum Gasteiger partial charge on any atom is 0.0610 e. The number of aromatic nitrogens is 1. The Balaban J connectivity index is 2.22. The van der Waals surface area contributed by atoms with Crippen LogP contribution in [0.2, 0.25) is 0 Å². The molecule has 3 nitrogen and oxygen atoms in total. The van der Waals surface area contributed by atoms with Gasteiger partial charge in [0.15, 0.2) is 0 Å². The smallest absolute Gasteiger partial charge is 0.0610 e. The number of nitrogens with zero attached hydrogens (tertiary/aromatic N) is 1. The summed E-state index contributed by atoms with van der Waals surface area (Å²) in [6, 6.07) is 8.23.